The van der Waals surface area contributed by atoms with Crippen molar-refractivity contribution < 1.29 is 4.74 Å². The van der Waals surface area contributed by atoms with Gasteiger partial charge in [-0.05, 0) is 55.3 Å². The molecule has 0 unspecified atom stereocenters. The van der Waals surface area contributed by atoms with E-state index >= 15 is 0 Å². The first kappa shape index (κ1) is 19.0. The molecule has 7 heteroatoms. The molecule has 1 aromatic heterocycles. The zero-order valence-corrected chi connectivity index (χ0v) is 17.1. The fraction of sp³-hybridized carbons (Fsp3) is 0.318. The molecular formula is C22H26N6O. The van der Waals surface area contributed by atoms with Gasteiger partial charge in [0.25, 0.3) is 0 Å². The van der Waals surface area contributed by atoms with Gasteiger partial charge in [0.15, 0.2) is 5.82 Å². The summed E-state index contributed by atoms with van der Waals surface area (Å²) in [6.45, 7) is 7.67. The van der Waals surface area contributed by atoms with E-state index < -0.39 is 0 Å². The topological polar surface area (TPSA) is 66.4 Å². The summed E-state index contributed by atoms with van der Waals surface area (Å²) in [7, 11) is 1.69. The number of rotatable bonds is 5. The van der Waals surface area contributed by atoms with Crippen LogP contribution in [0.1, 0.15) is 11.1 Å². The van der Waals surface area contributed by atoms with Crippen LogP contribution in [0, 0.1) is 13.8 Å². The summed E-state index contributed by atoms with van der Waals surface area (Å²) < 4.78 is 5.24. The van der Waals surface area contributed by atoms with Crippen molar-refractivity contribution in [1.82, 2.24) is 15.2 Å². The minimum absolute atomic E-state index is 0.662. The summed E-state index contributed by atoms with van der Waals surface area (Å²) in [6, 6.07) is 14.5. The van der Waals surface area contributed by atoms with Crippen LogP contribution in [0.15, 0.2) is 48.7 Å². The largest absolute Gasteiger partial charge is 0.497 e. The van der Waals surface area contributed by atoms with Crippen LogP contribution in [0.4, 0.5) is 23.1 Å². The average molecular weight is 390 g/mol. The lowest BCUT2D eigenvalue weighted by Crippen LogP contribution is -2.47. The highest BCUT2D eigenvalue weighted by molar-refractivity contribution is 5.61. The fourth-order valence-corrected chi connectivity index (χ4v) is 3.45. The molecule has 0 aliphatic carbocycles. The van der Waals surface area contributed by atoms with Crippen molar-refractivity contribution in [2.24, 2.45) is 0 Å². The molecule has 1 fully saturated rings. The monoisotopic (exact) mass is 390 g/mol. The highest BCUT2D eigenvalue weighted by Crippen LogP contribution is 2.23. The Morgan fingerprint density at radius 2 is 1.66 bits per heavy atom. The molecule has 0 radical (unpaired) electrons. The van der Waals surface area contributed by atoms with E-state index in [0.717, 1.165) is 37.6 Å². The predicted octanol–water partition coefficient (Wildman–Crippen LogP) is 3.57. The van der Waals surface area contributed by atoms with Gasteiger partial charge in [0.05, 0.1) is 13.3 Å². The van der Waals surface area contributed by atoms with Gasteiger partial charge in [-0.2, -0.15) is 10.1 Å². The molecule has 1 aliphatic heterocycles. The normalized spacial score (nSPS) is 14.0. The van der Waals surface area contributed by atoms with Crippen molar-refractivity contribution in [3.05, 3.63) is 59.8 Å². The maximum absolute atomic E-state index is 5.24. The SMILES string of the molecule is COc1ccc(N2CCN(c3nncc(Nc4cc(C)ccc4C)n3)CC2)cc1. The summed E-state index contributed by atoms with van der Waals surface area (Å²) in [5, 5.41) is 11.8. The Morgan fingerprint density at radius 1 is 0.931 bits per heavy atom. The van der Waals surface area contributed by atoms with Gasteiger partial charge in [-0.1, -0.05) is 12.1 Å². The quantitative estimate of drug-likeness (QED) is 0.714. The fourth-order valence-electron chi connectivity index (χ4n) is 3.45. The van der Waals surface area contributed by atoms with Gasteiger partial charge < -0.3 is 19.9 Å². The van der Waals surface area contributed by atoms with Gasteiger partial charge in [-0.3, -0.25) is 0 Å². The first-order valence-electron chi connectivity index (χ1n) is 9.80. The number of benzene rings is 2. The zero-order chi connectivity index (χ0) is 20.2. The summed E-state index contributed by atoms with van der Waals surface area (Å²) in [6.07, 6.45) is 1.67. The maximum atomic E-state index is 5.24. The van der Waals surface area contributed by atoms with E-state index in [2.05, 4.69) is 74.5 Å². The molecule has 0 saturated carbocycles. The molecule has 0 amide bonds. The number of ether oxygens (including phenoxy) is 1. The van der Waals surface area contributed by atoms with Crippen LogP contribution < -0.4 is 19.9 Å². The number of methoxy groups -OCH3 is 1. The van der Waals surface area contributed by atoms with Gasteiger partial charge in [-0.15, -0.1) is 5.10 Å². The van der Waals surface area contributed by atoms with Gasteiger partial charge in [0.1, 0.15) is 5.75 Å². The third-order valence-corrected chi connectivity index (χ3v) is 5.20. The van der Waals surface area contributed by atoms with E-state index in [1.165, 1.54) is 16.8 Å². The highest BCUT2D eigenvalue weighted by atomic mass is 16.5. The molecule has 1 N–H and O–H groups in total. The lowest BCUT2D eigenvalue weighted by molar-refractivity contribution is 0.415. The molecule has 0 bridgehead atoms. The predicted molar refractivity (Wildman–Crippen MR) is 116 cm³/mol. The standard InChI is InChI=1S/C22H26N6O/c1-16-4-5-17(2)20(14-16)24-21-15-23-26-22(25-21)28-12-10-27(11-13-28)18-6-8-19(29-3)9-7-18/h4-9,14-15H,10-13H2,1-3H3,(H,24,25,26). The molecule has 4 rings (SSSR count). The molecule has 0 spiro atoms. The van der Waals surface area contributed by atoms with Gasteiger partial charge in [0, 0.05) is 37.6 Å². The van der Waals surface area contributed by atoms with Crippen molar-refractivity contribution >= 4 is 23.1 Å². The van der Waals surface area contributed by atoms with Gasteiger partial charge >= 0.3 is 0 Å². The van der Waals surface area contributed by atoms with Crippen LogP contribution in [-0.2, 0) is 0 Å². The van der Waals surface area contributed by atoms with E-state index in [0.29, 0.717) is 11.8 Å². The van der Waals surface area contributed by atoms with Crippen molar-refractivity contribution in [2.45, 2.75) is 13.8 Å². The smallest absolute Gasteiger partial charge is 0.247 e. The highest BCUT2D eigenvalue weighted by Gasteiger charge is 2.20. The average Bonchev–Trinajstić information content (AvgIpc) is 2.77. The van der Waals surface area contributed by atoms with Crippen molar-refractivity contribution in [3.8, 4) is 5.75 Å². The number of aromatic nitrogens is 3. The van der Waals surface area contributed by atoms with Crippen molar-refractivity contribution in [3.63, 3.8) is 0 Å². The lowest BCUT2D eigenvalue weighted by atomic mass is 10.1. The second-order valence-electron chi connectivity index (χ2n) is 7.26. The molecule has 1 saturated heterocycles. The van der Waals surface area contributed by atoms with Crippen LogP contribution in [-0.4, -0.2) is 48.5 Å². The van der Waals surface area contributed by atoms with E-state index in [9.17, 15) is 0 Å². The van der Waals surface area contributed by atoms with Gasteiger partial charge in [-0.25, -0.2) is 0 Å². The van der Waals surface area contributed by atoms with Crippen LogP contribution in [0.3, 0.4) is 0 Å². The third kappa shape index (κ3) is 4.39. The van der Waals surface area contributed by atoms with E-state index in [1.807, 2.05) is 12.1 Å². The Bertz CT molecular complexity index is 967. The number of hydrogen-bond acceptors (Lipinski definition) is 7. The Hall–Kier alpha value is -3.35. The second kappa shape index (κ2) is 8.34. The second-order valence-corrected chi connectivity index (χ2v) is 7.26. The Morgan fingerprint density at radius 3 is 2.38 bits per heavy atom. The third-order valence-electron chi connectivity index (χ3n) is 5.20. The lowest BCUT2D eigenvalue weighted by Gasteiger charge is -2.36. The Labute approximate surface area is 171 Å². The zero-order valence-electron chi connectivity index (χ0n) is 17.1. The number of piperazine rings is 1. The molecule has 0 atom stereocenters. The van der Waals surface area contributed by atoms with E-state index in [4.69, 9.17) is 4.74 Å². The summed E-state index contributed by atoms with van der Waals surface area (Å²) >= 11 is 0. The van der Waals surface area contributed by atoms with E-state index in [-0.39, 0.29) is 0 Å². The minimum Gasteiger partial charge on any atom is -0.497 e. The molecule has 150 valence electrons. The van der Waals surface area contributed by atoms with E-state index in [1.54, 1.807) is 13.3 Å². The number of nitrogens with one attached hydrogen (secondary N) is 1. The van der Waals surface area contributed by atoms with Crippen molar-refractivity contribution in [2.75, 3.05) is 48.4 Å². The molecule has 7 nitrogen and oxygen atoms in total. The number of nitrogens with zero attached hydrogens (tertiary/aromatic N) is 5. The summed E-state index contributed by atoms with van der Waals surface area (Å²) in [4.78, 5) is 9.23. The number of anilines is 4. The van der Waals surface area contributed by atoms with Crippen LogP contribution in [0.2, 0.25) is 0 Å². The molecule has 2 heterocycles. The number of hydrogen-bond donors (Lipinski definition) is 1. The Balaban J connectivity index is 1.42. The summed E-state index contributed by atoms with van der Waals surface area (Å²) in [5.74, 6) is 2.25. The molecule has 1 aliphatic rings. The van der Waals surface area contributed by atoms with Crippen molar-refractivity contribution in [1.29, 1.82) is 0 Å². The minimum atomic E-state index is 0.662. The Kier molecular flexibility index (Phi) is 5.46. The molecule has 29 heavy (non-hydrogen) atoms. The van der Waals surface area contributed by atoms with Crippen LogP contribution >= 0.6 is 0 Å². The summed E-state index contributed by atoms with van der Waals surface area (Å²) in [5.41, 5.74) is 4.62. The molecule has 3 aromatic rings. The van der Waals surface area contributed by atoms with Gasteiger partial charge in [0.2, 0.25) is 5.95 Å². The first-order valence-corrected chi connectivity index (χ1v) is 9.80. The number of aryl methyl sites for hydroxylation is 2. The molecule has 2 aromatic carbocycles. The molecular weight excluding hydrogens is 364 g/mol. The maximum Gasteiger partial charge on any atom is 0.247 e. The first-order chi connectivity index (χ1) is 14.1. The van der Waals surface area contributed by atoms with Crippen LogP contribution in [0.25, 0.3) is 0 Å². The van der Waals surface area contributed by atoms with Crippen LogP contribution in [0.5, 0.6) is 5.75 Å².